The Morgan fingerprint density at radius 3 is 2.88 bits per heavy atom. The van der Waals surface area contributed by atoms with Gasteiger partial charge in [-0.3, -0.25) is 9.59 Å². The molecule has 1 aliphatic rings. The Labute approximate surface area is 146 Å². The second kappa shape index (κ2) is 7.49. The van der Waals surface area contributed by atoms with E-state index in [2.05, 4.69) is 16.7 Å². The first-order valence-corrected chi connectivity index (χ1v) is 8.41. The molecule has 0 saturated carbocycles. The number of carbonyl (C=O) groups excluding carboxylic acids is 2. The maximum Gasteiger partial charge on any atom is 0.228 e. The molecule has 0 bridgehead atoms. The Hall–Kier alpha value is -2.33. The van der Waals surface area contributed by atoms with Gasteiger partial charge in [0.1, 0.15) is 0 Å². The maximum absolute atomic E-state index is 11.9. The number of hydrogen-bond acceptors (Lipinski definition) is 2. The Kier molecular flexibility index (Phi) is 5.16. The molecule has 0 aromatic heterocycles. The first-order valence-electron chi connectivity index (χ1n) is 8.03. The SMILES string of the molecule is O=C(CCCc1ccc2c(c1)CC(=O)N2)NCc1cccc(Cl)c1. The number of aryl methyl sites for hydroxylation is 1. The van der Waals surface area contributed by atoms with Gasteiger partial charge in [-0.15, -0.1) is 0 Å². The first kappa shape index (κ1) is 16.5. The molecule has 1 heterocycles. The van der Waals surface area contributed by atoms with Crippen molar-refractivity contribution in [3.8, 4) is 0 Å². The van der Waals surface area contributed by atoms with Gasteiger partial charge in [0.25, 0.3) is 0 Å². The number of carbonyl (C=O) groups is 2. The zero-order valence-electron chi connectivity index (χ0n) is 13.3. The van der Waals surface area contributed by atoms with Crippen LogP contribution in [0.1, 0.15) is 29.5 Å². The van der Waals surface area contributed by atoms with Gasteiger partial charge < -0.3 is 10.6 Å². The molecule has 24 heavy (non-hydrogen) atoms. The number of rotatable bonds is 6. The maximum atomic E-state index is 11.9. The molecule has 0 radical (unpaired) electrons. The summed E-state index contributed by atoms with van der Waals surface area (Å²) in [7, 11) is 0. The van der Waals surface area contributed by atoms with Gasteiger partial charge in [0.2, 0.25) is 11.8 Å². The van der Waals surface area contributed by atoms with Crippen LogP contribution in [0, 0.1) is 0 Å². The molecule has 0 unspecified atom stereocenters. The van der Waals surface area contributed by atoms with Crippen molar-refractivity contribution < 1.29 is 9.59 Å². The third-order valence-electron chi connectivity index (χ3n) is 4.04. The molecular formula is C19H19ClN2O2. The van der Waals surface area contributed by atoms with Crippen LogP contribution in [0.15, 0.2) is 42.5 Å². The molecule has 1 aliphatic heterocycles. The summed E-state index contributed by atoms with van der Waals surface area (Å²) in [6.07, 6.45) is 2.53. The van der Waals surface area contributed by atoms with Crippen LogP contribution in [-0.2, 0) is 29.0 Å². The molecule has 0 fully saturated rings. The molecular weight excluding hydrogens is 324 g/mol. The van der Waals surface area contributed by atoms with Gasteiger partial charge in [0.15, 0.2) is 0 Å². The summed E-state index contributed by atoms with van der Waals surface area (Å²) in [5.41, 5.74) is 4.10. The van der Waals surface area contributed by atoms with Crippen LogP contribution >= 0.6 is 11.6 Å². The number of hydrogen-bond donors (Lipinski definition) is 2. The minimum atomic E-state index is 0.0352. The quantitative estimate of drug-likeness (QED) is 0.844. The van der Waals surface area contributed by atoms with Crippen molar-refractivity contribution in [1.82, 2.24) is 5.32 Å². The highest BCUT2D eigenvalue weighted by atomic mass is 35.5. The van der Waals surface area contributed by atoms with Gasteiger partial charge >= 0.3 is 0 Å². The molecule has 2 amide bonds. The van der Waals surface area contributed by atoms with Gasteiger partial charge in [0.05, 0.1) is 6.42 Å². The summed E-state index contributed by atoms with van der Waals surface area (Å²) in [6, 6.07) is 13.5. The number of benzene rings is 2. The largest absolute Gasteiger partial charge is 0.352 e. The van der Waals surface area contributed by atoms with E-state index in [4.69, 9.17) is 11.6 Å². The molecule has 2 aromatic carbocycles. The van der Waals surface area contributed by atoms with Gasteiger partial charge in [-0.05, 0) is 47.7 Å². The van der Waals surface area contributed by atoms with Gasteiger partial charge in [0, 0.05) is 23.7 Å². The normalized spacial score (nSPS) is 12.6. The number of amides is 2. The van der Waals surface area contributed by atoms with Crippen LogP contribution in [0.4, 0.5) is 5.69 Å². The second-order valence-electron chi connectivity index (χ2n) is 5.98. The molecule has 0 aliphatic carbocycles. The van der Waals surface area contributed by atoms with Crippen molar-refractivity contribution in [2.24, 2.45) is 0 Å². The monoisotopic (exact) mass is 342 g/mol. The highest BCUT2D eigenvalue weighted by Gasteiger charge is 2.17. The lowest BCUT2D eigenvalue weighted by Crippen LogP contribution is -2.22. The van der Waals surface area contributed by atoms with Crippen LogP contribution in [0.2, 0.25) is 5.02 Å². The molecule has 0 spiro atoms. The minimum absolute atomic E-state index is 0.0352. The average molecular weight is 343 g/mol. The van der Waals surface area contributed by atoms with Crippen molar-refractivity contribution in [2.75, 3.05) is 5.32 Å². The number of fused-ring (bicyclic) bond motifs is 1. The van der Waals surface area contributed by atoms with E-state index < -0.39 is 0 Å². The fourth-order valence-corrected chi connectivity index (χ4v) is 3.04. The van der Waals surface area contributed by atoms with E-state index in [0.29, 0.717) is 24.4 Å². The Morgan fingerprint density at radius 2 is 2.04 bits per heavy atom. The highest BCUT2D eigenvalue weighted by molar-refractivity contribution is 6.30. The van der Waals surface area contributed by atoms with E-state index in [1.807, 2.05) is 36.4 Å². The molecule has 3 rings (SSSR count). The highest BCUT2D eigenvalue weighted by Crippen LogP contribution is 2.24. The van der Waals surface area contributed by atoms with Crippen LogP contribution in [-0.4, -0.2) is 11.8 Å². The van der Waals surface area contributed by atoms with E-state index in [1.165, 1.54) is 0 Å². The Morgan fingerprint density at radius 1 is 1.17 bits per heavy atom. The first-order chi connectivity index (χ1) is 11.6. The second-order valence-corrected chi connectivity index (χ2v) is 6.41. The number of halogens is 1. The van der Waals surface area contributed by atoms with Crippen LogP contribution in [0.25, 0.3) is 0 Å². The van der Waals surface area contributed by atoms with E-state index >= 15 is 0 Å². The van der Waals surface area contributed by atoms with Gasteiger partial charge in [-0.25, -0.2) is 0 Å². The summed E-state index contributed by atoms with van der Waals surface area (Å²) in [5, 5.41) is 6.40. The van der Waals surface area contributed by atoms with Crippen molar-refractivity contribution in [1.29, 1.82) is 0 Å². The standard InChI is InChI=1S/C19H19ClN2O2/c20-16-5-1-4-14(10-16)12-21-18(23)6-2-3-13-7-8-17-15(9-13)11-19(24)22-17/h1,4-5,7-10H,2-3,6,11-12H2,(H,21,23)(H,22,24). The van der Waals surface area contributed by atoms with Crippen molar-refractivity contribution in [3.05, 3.63) is 64.2 Å². The summed E-state index contributed by atoms with van der Waals surface area (Å²) in [6.45, 7) is 0.492. The Bertz CT molecular complexity index is 774. The summed E-state index contributed by atoms with van der Waals surface area (Å²) in [4.78, 5) is 23.3. The van der Waals surface area contributed by atoms with Crippen LogP contribution < -0.4 is 10.6 Å². The smallest absolute Gasteiger partial charge is 0.228 e. The summed E-state index contributed by atoms with van der Waals surface area (Å²) < 4.78 is 0. The predicted octanol–water partition coefficient (Wildman–Crippen LogP) is 3.47. The van der Waals surface area contributed by atoms with Crippen molar-refractivity contribution in [3.63, 3.8) is 0 Å². The third-order valence-corrected chi connectivity index (χ3v) is 4.28. The van der Waals surface area contributed by atoms with Crippen molar-refractivity contribution >= 4 is 29.1 Å². The average Bonchev–Trinajstić information content (AvgIpc) is 2.92. The fraction of sp³-hybridized carbons (Fsp3) is 0.263. The fourth-order valence-electron chi connectivity index (χ4n) is 2.83. The molecule has 0 saturated heterocycles. The zero-order chi connectivity index (χ0) is 16.9. The van der Waals surface area contributed by atoms with Gasteiger partial charge in [-0.2, -0.15) is 0 Å². The number of anilines is 1. The van der Waals surface area contributed by atoms with E-state index in [-0.39, 0.29) is 11.8 Å². The summed E-state index contributed by atoms with van der Waals surface area (Å²) >= 11 is 5.92. The molecule has 4 nitrogen and oxygen atoms in total. The van der Waals surface area contributed by atoms with E-state index in [9.17, 15) is 9.59 Å². The molecule has 5 heteroatoms. The summed E-state index contributed by atoms with van der Waals surface area (Å²) in [5.74, 6) is 0.0792. The zero-order valence-corrected chi connectivity index (χ0v) is 14.0. The topological polar surface area (TPSA) is 58.2 Å². The van der Waals surface area contributed by atoms with E-state index in [0.717, 1.165) is 35.2 Å². The molecule has 124 valence electrons. The third kappa shape index (κ3) is 4.36. The lowest BCUT2D eigenvalue weighted by Gasteiger charge is -2.07. The minimum Gasteiger partial charge on any atom is -0.352 e. The predicted molar refractivity (Wildman–Crippen MR) is 95.0 cm³/mol. The molecule has 2 aromatic rings. The number of nitrogens with one attached hydrogen (secondary N) is 2. The lowest BCUT2D eigenvalue weighted by atomic mass is 10.0. The van der Waals surface area contributed by atoms with E-state index in [1.54, 1.807) is 0 Å². The lowest BCUT2D eigenvalue weighted by molar-refractivity contribution is -0.121. The molecule has 2 N–H and O–H groups in total. The Balaban J connectivity index is 1.42. The molecule has 0 atom stereocenters. The van der Waals surface area contributed by atoms with Crippen LogP contribution in [0.5, 0.6) is 0 Å². The van der Waals surface area contributed by atoms with Crippen molar-refractivity contribution in [2.45, 2.75) is 32.2 Å². The van der Waals surface area contributed by atoms with Crippen LogP contribution in [0.3, 0.4) is 0 Å². The van der Waals surface area contributed by atoms with Gasteiger partial charge in [-0.1, -0.05) is 35.9 Å².